The molecule has 106 valence electrons. The van der Waals surface area contributed by atoms with Gasteiger partial charge in [-0.1, -0.05) is 0 Å². The van der Waals surface area contributed by atoms with Gasteiger partial charge in [0.05, 0.1) is 21.3 Å². The zero-order valence-electron chi connectivity index (χ0n) is 12.0. The van der Waals surface area contributed by atoms with E-state index in [9.17, 15) is 0 Å². The maximum atomic E-state index is 6.20. The molecule has 2 N–H and O–H groups in total. The average Bonchev–Trinajstić information content (AvgIpc) is 2.75. The van der Waals surface area contributed by atoms with Crippen LogP contribution in [0, 0.1) is 0 Å². The summed E-state index contributed by atoms with van der Waals surface area (Å²) < 4.78 is 16.1. The van der Waals surface area contributed by atoms with Crippen LogP contribution >= 0.6 is 0 Å². The summed E-state index contributed by atoms with van der Waals surface area (Å²) >= 11 is 0. The van der Waals surface area contributed by atoms with E-state index in [2.05, 4.69) is 11.9 Å². The van der Waals surface area contributed by atoms with E-state index in [4.69, 9.17) is 19.9 Å². The van der Waals surface area contributed by atoms with E-state index in [1.807, 2.05) is 12.1 Å². The SMILES string of the molecule is COc1cc([C@@H]2CN(C)C[C@@H]2N)cc(OC)c1OC. The van der Waals surface area contributed by atoms with Gasteiger partial charge in [-0.2, -0.15) is 0 Å². The number of nitrogens with two attached hydrogens (primary N) is 1. The molecule has 1 aliphatic rings. The van der Waals surface area contributed by atoms with E-state index in [-0.39, 0.29) is 6.04 Å². The lowest BCUT2D eigenvalue weighted by Crippen LogP contribution is -2.27. The Morgan fingerprint density at radius 3 is 2.00 bits per heavy atom. The third kappa shape index (κ3) is 2.62. The van der Waals surface area contributed by atoms with Crippen molar-refractivity contribution in [1.82, 2.24) is 4.90 Å². The third-order valence-corrected chi connectivity index (χ3v) is 3.66. The molecule has 5 heteroatoms. The van der Waals surface area contributed by atoms with Gasteiger partial charge in [0.15, 0.2) is 11.5 Å². The van der Waals surface area contributed by atoms with E-state index in [0.717, 1.165) is 18.7 Å². The van der Waals surface area contributed by atoms with Crippen molar-refractivity contribution in [3.05, 3.63) is 17.7 Å². The molecule has 0 saturated carbocycles. The Labute approximate surface area is 114 Å². The number of rotatable bonds is 4. The van der Waals surface area contributed by atoms with Gasteiger partial charge in [0, 0.05) is 25.0 Å². The van der Waals surface area contributed by atoms with Crippen LogP contribution in [0.2, 0.25) is 0 Å². The lowest BCUT2D eigenvalue weighted by molar-refractivity contribution is 0.323. The normalized spacial score (nSPS) is 23.4. The van der Waals surface area contributed by atoms with Gasteiger partial charge >= 0.3 is 0 Å². The van der Waals surface area contributed by atoms with E-state index in [1.54, 1.807) is 21.3 Å². The number of nitrogens with zero attached hydrogens (tertiary/aromatic N) is 1. The predicted octanol–water partition coefficient (Wildman–Crippen LogP) is 1.07. The first kappa shape index (κ1) is 14.0. The quantitative estimate of drug-likeness (QED) is 0.883. The molecule has 0 aliphatic carbocycles. The average molecular weight is 266 g/mol. The zero-order valence-corrected chi connectivity index (χ0v) is 12.0. The number of likely N-dealkylation sites (N-methyl/N-ethyl adjacent to an activating group) is 1. The van der Waals surface area contributed by atoms with Gasteiger partial charge in [-0.05, 0) is 24.7 Å². The Hall–Kier alpha value is -1.46. The van der Waals surface area contributed by atoms with Gasteiger partial charge in [0.2, 0.25) is 5.75 Å². The molecule has 1 fully saturated rings. The highest BCUT2D eigenvalue weighted by molar-refractivity contribution is 5.54. The summed E-state index contributed by atoms with van der Waals surface area (Å²) in [4.78, 5) is 2.23. The van der Waals surface area contributed by atoms with Gasteiger partial charge < -0.3 is 24.8 Å². The van der Waals surface area contributed by atoms with Crippen LogP contribution in [-0.4, -0.2) is 52.4 Å². The molecule has 19 heavy (non-hydrogen) atoms. The van der Waals surface area contributed by atoms with Gasteiger partial charge in [-0.15, -0.1) is 0 Å². The fourth-order valence-corrected chi connectivity index (χ4v) is 2.70. The molecule has 1 aromatic carbocycles. The maximum absolute atomic E-state index is 6.20. The molecule has 0 radical (unpaired) electrons. The minimum atomic E-state index is 0.132. The fourth-order valence-electron chi connectivity index (χ4n) is 2.70. The monoisotopic (exact) mass is 266 g/mol. The highest BCUT2D eigenvalue weighted by Crippen LogP contribution is 2.41. The molecule has 0 spiro atoms. The summed E-state index contributed by atoms with van der Waals surface area (Å²) in [5.74, 6) is 2.27. The second-order valence-corrected chi connectivity index (χ2v) is 4.95. The van der Waals surface area contributed by atoms with Crippen LogP contribution in [0.15, 0.2) is 12.1 Å². The van der Waals surface area contributed by atoms with Crippen molar-refractivity contribution in [3.8, 4) is 17.2 Å². The van der Waals surface area contributed by atoms with Crippen molar-refractivity contribution >= 4 is 0 Å². The Balaban J connectivity index is 2.41. The maximum Gasteiger partial charge on any atom is 0.203 e. The standard InChI is InChI=1S/C14H22N2O3/c1-16-7-10(11(15)8-16)9-5-12(17-2)14(19-4)13(6-9)18-3/h5-6,10-11H,7-8,15H2,1-4H3/t10-,11-/m0/s1. The Kier molecular flexibility index (Phi) is 4.17. The lowest BCUT2D eigenvalue weighted by atomic mass is 9.94. The molecule has 1 aromatic rings. The Bertz CT molecular complexity index is 425. The summed E-state index contributed by atoms with van der Waals surface area (Å²) in [7, 11) is 6.94. The molecule has 1 aliphatic heterocycles. The molecule has 0 unspecified atom stereocenters. The van der Waals surface area contributed by atoms with Crippen molar-refractivity contribution in [2.24, 2.45) is 5.73 Å². The van der Waals surface area contributed by atoms with Crippen LogP contribution in [-0.2, 0) is 0 Å². The molecule has 2 atom stereocenters. The highest BCUT2D eigenvalue weighted by atomic mass is 16.5. The summed E-state index contributed by atoms with van der Waals surface area (Å²) in [6.07, 6.45) is 0. The number of benzene rings is 1. The van der Waals surface area contributed by atoms with E-state index in [0.29, 0.717) is 23.2 Å². The Morgan fingerprint density at radius 1 is 1.05 bits per heavy atom. The zero-order chi connectivity index (χ0) is 14.0. The van der Waals surface area contributed by atoms with Crippen molar-refractivity contribution in [3.63, 3.8) is 0 Å². The number of hydrogen-bond acceptors (Lipinski definition) is 5. The van der Waals surface area contributed by atoms with Gasteiger partial charge in [0.1, 0.15) is 0 Å². The van der Waals surface area contributed by atoms with Crippen LogP contribution in [0.1, 0.15) is 11.5 Å². The molecule has 0 aromatic heterocycles. The molecule has 5 nitrogen and oxygen atoms in total. The van der Waals surface area contributed by atoms with E-state index < -0.39 is 0 Å². The highest BCUT2D eigenvalue weighted by Gasteiger charge is 2.30. The van der Waals surface area contributed by atoms with Crippen molar-refractivity contribution in [1.29, 1.82) is 0 Å². The molecule has 2 rings (SSSR count). The number of ether oxygens (including phenoxy) is 3. The van der Waals surface area contributed by atoms with Crippen LogP contribution in [0.3, 0.4) is 0 Å². The Morgan fingerprint density at radius 2 is 1.63 bits per heavy atom. The molecular formula is C14H22N2O3. The second kappa shape index (κ2) is 5.67. The first-order valence-electron chi connectivity index (χ1n) is 6.34. The van der Waals surface area contributed by atoms with Crippen LogP contribution in [0.5, 0.6) is 17.2 Å². The van der Waals surface area contributed by atoms with Gasteiger partial charge in [0.25, 0.3) is 0 Å². The van der Waals surface area contributed by atoms with Crippen LogP contribution in [0.25, 0.3) is 0 Å². The topological polar surface area (TPSA) is 57.0 Å². The third-order valence-electron chi connectivity index (χ3n) is 3.66. The largest absolute Gasteiger partial charge is 0.493 e. The molecule has 1 heterocycles. The smallest absolute Gasteiger partial charge is 0.203 e. The summed E-state index contributed by atoms with van der Waals surface area (Å²) in [6.45, 7) is 1.85. The summed E-state index contributed by atoms with van der Waals surface area (Å²) in [6, 6.07) is 4.11. The first-order valence-corrected chi connectivity index (χ1v) is 6.34. The summed E-state index contributed by atoms with van der Waals surface area (Å²) in [5, 5.41) is 0. The number of methoxy groups -OCH3 is 3. The lowest BCUT2D eigenvalue weighted by Gasteiger charge is -2.19. The first-order chi connectivity index (χ1) is 9.10. The van der Waals surface area contributed by atoms with Crippen molar-refractivity contribution in [2.45, 2.75) is 12.0 Å². The van der Waals surface area contributed by atoms with Gasteiger partial charge in [-0.3, -0.25) is 0 Å². The minimum absolute atomic E-state index is 0.132. The molecule has 1 saturated heterocycles. The van der Waals surface area contributed by atoms with E-state index in [1.165, 1.54) is 0 Å². The minimum Gasteiger partial charge on any atom is -0.493 e. The van der Waals surface area contributed by atoms with E-state index >= 15 is 0 Å². The van der Waals surface area contributed by atoms with Crippen molar-refractivity contribution in [2.75, 3.05) is 41.5 Å². The van der Waals surface area contributed by atoms with Crippen LogP contribution < -0.4 is 19.9 Å². The molecule has 0 bridgehead atoms. The second-order valence-electron chi connectivity index (χ2n) is 4.95. The van der Waals surface area contributed by atoms with Crippen molar-refractivity contribution < 1.29 is 14.2 Å². The van der Waals surface area contributed by atoms with Gasteiger partial charge in [-0.25, -0.2) is 0 Å². The summed E-state index contributed by atoms with van der Waals surface area (Å²) in [5.41, 5.74) is 7.33. The molecule has 0 amide bonds. The van der Waals surface area contributed by atoms with Crippen LogP contribution in [0.4, 0.5) is 0 Å². The predicted molar refractivity (Wildman–Crippen MR) is 74.3 cm³/mol. The fraction of sp³-hybridized carbons (Fsp3) is 0.571. The molecular weight excluding hydrogens is 244 g/mol. The number of hydrogen-bond donors (Lipinski definition) is 1. The number of likely N-dealkylation sites (tertiary alicyclic amines) is 1.